The van der Waals surface area contributed by atoms with E-state index in [1.807, 2.05) is 52.0 Å². The van der Waals surface area contributed by atoms with Gasteiger partial charge in [0.1, 0.15) is 0 Å². The van der Waals surface area contributed by atoms with Crippen molar-refractivity contribution in [2.75, 3.05) is 6.54 Å². The molecule has 102 valence electrons. The quantitative estimate of drug-likeness (QED) is 0.884. The molecule has 1 aromatic carbocycles. The summed E-state index contributed by atoms with van der Waals surface area (Å²) in [5, 5.41) is 2.99. The van der Waals surface area contributed by atoms with E-state index in [0.717, 1.165) is 5.56 Å². The van der Waals surface area contributed by atoms with Crippen LogP contribution in [0.15, 0.2) is 24.3 Å². The molecule has 0 heterocycles. The van der Waals surface area contributed by atoms with Gasteiger partial charge < -0.3 is 11.1 Å². The van der Waals surface area contributed by atoms with Gasteiger partial charge >= 0.3 is 0 Å². The SMILES string of the molecule is Cc1ccc(C(C)NC(=O)C(C)(C)CN)cc1.Cl. The highest BCUT2D eigenvalue weighted by Crippen LogP contribution is 2.17. The van der Waals surface area contributed by atoms with E-state index < -0.39 is 5.41 Å². The lowest BCUT2D eigenvalue weighted by Crippen LogP contribution is -2.42. The summed E-state index contributed by atoms with van der Waals surface area (Å²) in [5.74, 6) is -0.00641. The van der Waals surface area contributed by atoms with Gasteiger partial charge in [-0.05, 0) is 33.3 Å². The molecule has 1 unspecified atom stereocenters. The summed E-state index contributed by atoms with van der Waals surface area (Å²) in [6.07, 6.45) is 0. The van der Waals surface area contributed by atoms with E-state index >= 15 is 0 Å². The zero-order chi connectivity index (χ0) is 13.1. The lowest BCUT2D eigenvalue weighted by Gasteiger charge is -2.24. The van der Waals surface area contributed by atoms with Gasteiger partial charge in [0.2, 0.25) is 5.91 Å². The largest absolute Gasteiger partial charge is 0.349 e. The molecule has 0 saturated carbocycles. The summed E-state index contributed by atoms with van der Waals surface area (Å²) in [6.45, 7) is 8.08. The van der Waals surface area contributed by atoms with Crippen molar-refractivity contribution < 1.29 is 4.79 Å². The van der Waals surface area contributed by atoms with Crippen LogP contribution in [0.5, 0.6) is 0 Å². The Hall–Kier alpha value is -1.06. The van der Waals surface area contributed by atoms with E-state index in [0.29, 0.717) is 6.54 Å². The molecule has 3 N–H and O–H groups in total. The average molecular weight is 271 g/mol. The van der Waals surface area contributed by atoms with E-state index in [4.69, 9.17) is 5.73 Å². The van der Waals surface area contributed by atoms with Crippen molar-refractivity contribution in [3.8, 4) is 0 Å². The van der Waals surface area contributed by atoms with E-state index in [1.165, 1.54) is 5.56 Å². The molecule has 4 heteroatoms. The minimum atomic E-state index is -0.515. The first-order chi connectivity index (χ1) is 7.86. The highest BCUT2D eigenvalue weighted by Gasteiger charge is 2.26. The maximum atomic E-state index is 12.0. The van der Waals surface area contributed by atoms with Gasteiger partial charge in [-0.2, -0.15) is 0 Å². The number of amides is 1. The van der Waals surface area contributed by atoms with Gasteiger partial charge in [-0.25, -0.2) is 0 Å². The number of aryl methyl sites for hydroxylation is 1. The molecule has 18 heavy (non-hydrogen) atoms. The van der Waals surface area contributed by atoms with Crippen LogP contribution in [0.2, 0.25) is 0 Å². The molecule has 0 aliphatic rings. The van der Waals surface area contributed by atoms with Crippen LogP contribution in [-0.2, 0) is 4.79 Å². The predicted octanol–water partition coefficient (Wildman–Crippen LogP) is 2.58. The number of hydrogen-bond acceptors (Lipinski definition) is 2. The van der Waals surface area contributed by atoms with Gasteiger partial charge in [0.05, 0.1) is 11.5 Å². The monoisotopic (exact) mass is 270 g/mol. The fraction of sp³-hybridized carbons (Fsp3) is 0.500. The molecule has 0 aliphatic carbocycles. The molecule has 0 spiro atoms. The third-order valence-corrected chi connectivity index (χ3v) is 3.05. The molecule has 1 aromatic rings. The maximum absolute atomic E-state index is 12.0. The standard InChI is InChI=1S/C14H22N2O.ClH/c1-10-5-7-12(8-6-10)11(2)16-13(17)14(3,4)9-15;/h5-8,11H,9,15H2,1-4H3,(H,16,17);1H. The lowest BCUT2D eigenvalue weighted by atomic mass is 9.92. The number of rotatable bonds is 4. The van der Waals surface area contributed by atoms with Gasteiger partial charge in [-0.1, -0.05) is 29.8 Å². The molecule has 3 nitrogen and oxygen atoms in total. The highest BCUT2D eigenvalue weighted by atomic mass is 35.5. The number of halogens is 1. The number of carbonyl (C=O) groups excluding carboxylic acids is 1. The van der Waals surface area contributed by atoms with Crippen LogP contribution < -0.4 is 11.1 Å². The van der Waals surface area contributed by atoms with Gasteiger partial charge in [0.25, 0.3) is 0 Å². The number of nitrogens with one attached hydrogen (secondary N) is 1. The fourth-order valence-corrected chi connectivity index (χ4v) is 1.42. The van der Waals surface area contributed by atoms with Gasteiger partial charge in [-0.3, -0.25) is 4.79 Å². The molecule has 0 fully saturated rings. The smallest absolute Gasteiger partial charge is 0.227 e. The molecule has 0 radical (unpaired) electrons. The van der Waals surface area contributed by atoms with E-state index in [9.17, 15) is 4.79 Å². The third-order valence-electron chi connectivity index (χ3n) is 3.05. The molecule has 0 aliphatic heterocycles. The Bertz CT molecular complexity index is 387. The second kappa shape index (κ2) is 6.76. The molecular formula is C14H23ClN2O. The lowest BCUT2D eigenvalue weighted by molar-refractivity contribution is -0.129. The fourth-order valence-electron chi connectivity index (χ4n) is 1.42. The molecule has 0 aromatic heterocycles. The molecule has 1 amide bonds. The van der Waals surface area contributed by atoms with Crippen molar-refractivity contribution in [2.24, 2.45) is 11.1 Å². The zero-order valence-electron chi connectivity index (χ0n) is 11.5. The summed E-state index contributed by atoms with van der Waals surface area (Å²) >= 11 is 0. The Morgan fingerprint density at radius 2 is 1.83 bits per heavy atom. The van der Waals surface area contributed by atoms with Crippen LogP contribution >= 0.6 is 12.4 Å². The molecule has 1 rings (SSSR count). The Labute approximate surface area is 116 Å². The van der Waals surface area contributed by atoms with Crippen LogP contribution in [0, 0.1) is 12.3 Å². The van der Waals surface area contributed by atoms with Crippen LogP contribution in [-0.4, -0.2) is 12.5 Å². The number of carbonyl (C=O) groups is 1. The summed E-state index contributed by atoms with van der Waals surface area (Å²) < 4.78 is 0. The van der Waals surface area contributed by atoms with E-state index in [1.54, 1.807) is 0 Å². The molecule has 1 atom stereocenters. The van der Waals surface area contributed by atoms with Crippen molar-refractivity contribution >= 4 is 18.3 Å². The zero-order valence-corrected chi connectivity index (χ0v) is 12.3. The highest BCUT2D eigenvalue weighted by molar-refractivity contribution is 5.85. The van der Waals surface area contributed by atoms with Crippen LogP contribution in [0.25, 0.3) is 0 Å². The van der Waals surface area contributed by atoms with Gasteiger partial charge in [-0.15, -0.1) is 12.4 Å². The van der Waals surface area contributed by atoms with Crippen molar-refractivity contribution in [2.45, 2.75) is 33.7 Å². The summed E-state index contributed by atoms with van der Waals surface area (Å²) in [4.78, 5) is 12.0. The average Bonchev–Trinajstić information content (AvgIpc) is 2.29. The van der Waals surface area contributed by atoms with Gasteiger partial charge in [0.15, 0.2) is 0 Å². The molecular weight excluding hydrogens is 248 g/mol. The minimum Gasteiger partial charge on any atom is -0.349 e. The van der Waals surface area contributed by atoms with Crippen molar-refractivity contribution in [1.82, 2.24) is 5.32 Å². The molecule has 0 bridgehead atoms. The van der Waals surface area contributed by atoms with E-state index in [-0.39, 0.29) is 24.4 Å². The Morgan fingerprint density at radius 3 is 2.28 bits per heavy atom. The Morgan fingerprint density at radius 1 is 1.33 bits per heavy atom. The number of hydrogen-bond donors (Lipinski definition) is 2. The maximum Gasteiger partial charge on any atom is 0.227 e. The predicted molar refractivity (Wildman–Crippen MR) is 77.8 cm³/mol. The second-order valence-electron chi connectivity index (χ2n) is 5.19. The summed E-state index contributed by atoms with van der Waals surface area (Å²) in [5.41, 5.74) is 7.39. The second-order valence-corrected chi connectivity index (χ2v) is 5.19. The minimum absolute atomic E-state index is 0. The van der Waals surface area contributed by atoms with Crippen LogP contribution in [0.3, 0.4) is 0 Å². The van der Waals surface area contributed by atoms with Gasteiger partial charge in [0, 0.05) is 6.54 Å². The van der Waals surface area contributed by atoms with Crippen molar-refractivity contribution in [1.29, 1.82) is 0 Å². The summed E-state index contributed by atoms with van der Waals surface area (Å²) in [7, 11) is 0. The Kier molecular flexibility index (Phi) is 6.36. The topological polar surface area (TPSA) is 55.1 Å². The van der Waals surface area contributed by atoms with Crippen molar-refractivity contribution in [3.63, 3.8) is 0 Å². The normalized spacial score (nSPS) is 12.5. The van der Waals surface area contributed by atoms with E-state index in [2.05, 4.69) is 5.32 Å². The summed E-state index contributed by atoms with van der Waals surface area (Å²) in [6, 6.07) is 8.18. The van der Waals surface area contributed by atoms with Crippen LogP contribution in [0.4, 0.5) is 0 Å². The first-order valence-electron chi connectivity index (χ1n) is 5.94. The van der Waals surface area contributed by atoms with Crippen LogP contribution in [0.1, 0.15) is 37.9 Å². The third kappa shape index (κ3) is 4.31. The number of nitrogens with two attached hydrogens (primary N) is 1. The first kappa shape index (κ1) is 16.9. The van der Waals surface area contributed by atoms with Crippen molar-refractivity contribution in [3.05, 3.63) is 35.4 Å². The number of benzene rings is 1. The Balaban J connectivity index is 0.00000289. The molecule has 0 saturated heterocycles. The first-order valence-corrected chi connectivity index (χ1v) is 5.94.